The number of benzene rings is 1. The number of carbonyl (C=O) groups excluding carboxylic acids is 1. The second-order valence-electron chi connectivity index (χ2n) is 5.67. The van der Waals surface area contributed by atoms with Gasteiger partial charge in [-0.2, -0.15) is 0 Å². The Balaban J connectivity index is 1.49. The minimum absolute atomic E-state index is 0.152. The van der Waals surface area contributed by atoms with E-state index in [0.29, 0.717) is 0 Å². The maximum atomic E-state index is 12.8. The monoisotopic (exact) mass is 324 g/mol. The van der Waals surface area contributed by atoms with Crippen molar-refractivity contribution in [1.29, 1.82) is 0 Å². The number of aromatic nitrogens is 1. The molecule has 1 fully saturated rings. The first kappa shape index (κ1) is 14.2. The Labute approximate surface area is 139 Å². The zero-order valence-electron chi connectivity index (χ0n) is 12.7. The first-order valence-electron chi connectivity index (χ1n) is 7.80. The molecule has 0 atom stereocenters. The molecular formula is C18H18N3OS+. The molecule has 2 aromatic heterocycles. The second-order valence-corrected chi connectivity index (χ2v) is 6.58. The highest BCUT2D eigenvalue weighted by molar-refractivity contribution is 7.17. The lowest BCUT2D eigenvalue weighted by molar-refractivity contribution is -0.364. The van der Waals surface area contributed by atoms with Gasteiger partial charge in [0, 0.05) is 21.5 Å². The van der Waals surface area contributed by atoms with Gasteiger partial charge in [-0.25, -0.2) is 4.98 Å². The summed E-state index contributed by atoms with van der Waals surface area (Å²) in [6.07, 6.45) is 1.93. The first-order chi connectivity index (χ1) is 11.3. The summed E-state index contributed by atoms with van der Waals surface area (Å²) in [4.78, 5) is 20.3. The van der Waals surface area contributed by atoms with Crippen LogP contribution >= 0.6 is 11.3 Å². The molecule has 3 heterocycles. The molecule has 23 heavy (non-hydrogen) atoms. The normalized spacial score (nSPS) is 15.1. The first-order valence-corrected chi connectivity index (χ1v) is 8.68. The molecule has 5 heteroatoms. The molecule has 116 valence electrons. The van der Waals surface area contributed by atoms with Crippen LogP contribution in [0.25, 0.3) is 10.1 Å². The molecule has 4 nitrogen and oxygen atoms in total. The van der Waals surface area contributed by atoms with Crippen molar-refractivity contribution in [2.24, 2.45) is 0 Å². The largest absolute Gasteiger partial charge is 0.331 e. The number of thiophene rings is 1. The topological polar surface area (TPSA) is 37.7 Å². The summed E-state index contributed by atoms with van der Waals surface area (Å²) < 4.78 is 1.17. The van der Waals surface area contributed by atoms with Crippen LogP contribution < -0.4 is 9.88 Å². The number of hydrogen-bond donors (Lipinski definition) is 0. The number of hydrogen-bond acceptors (Lipinski definition) is 3. The van der Waals surface area contributed by atoms with Crippen LogP contribution in [0.15, 0.2) is 54.0 Å². The Morgan fingerprint density at radius 3 is 2.57 bits per heavy atom. The number of rotatable bonds is 2. The molecule has 4 rings (SSSR count). The third kappa shape index (κ3) is 2.68. The highest BCUT2D eigenvalue weighted by Gasteiger charge is 2.27. The van der Waals surface area contributed by atoms with E-state index in [9.17, 15) is 4.79 Å². The molecule has 1 aromatic carbocycles. The number of piperazine rings is 1. The summed E-state index contributed by atoms with van der Waals surface area (Å²) >= 11 is 1.64. The molecule has 0 unspecified atom stereocenters. The van der Waals surface area contributed by atoms with E-state index in [2.05, 4.69) is 22.0 Å². The summed E-state index contributed by atoms with van der Waals surface area (Å²) in [6, 6.07) is 14.2. The van der Waals surface area contributed by atoms with Gasteiger partial charge in [0.05, 0.1) is 24.8 Å². The lowest BCUT2D eigenvalue weighted by Crippen LogP contribution is -2.50. The van der Waals surface area contributed by atoms with Crippen molar-refractivity contribution in [3.8, 4) is 0 Å². The molecule has 1 amide bonds. The number of nitrogens with zero attached hydrogens (tertiary/aromatic N) is 2. The number of H-pyrrole nitrogens is 1. The number of pyridine rings is 1. The number of anilines is 1. The van der Waals surface area contributed by atoms with Crippen LogP contribution in [0.3, 0.4) is 0 Å². The van der Waals surface area contributed by atoms with Crippen molar-refractivity contribution in [1.82, 2.24) is 4.90 Å². The lowest BCUT2D eigenvalue weighted by atomic mass is 10.1. The summed E-state index contributed by atoms with van der Waals surface area (Å²) in [5.41, 5.74) is 0.838. The van der Waals surface area contributed by atoms with Crippen LogP contribution in [0.5, 0.6) is 0 Å². The second kappa shape index (κ2) is 6.01. The van der Waals surface area contributed by atoms with Crippen molar-refractivity contribution in [3.05, 3.63) is 59.6 Å². The number of aromatic amines is 1. The van der Waals surface area contributed by atoms with E-state index in [4.69, 9.17) is 0 Å². The molecule has 0 aliphatic carbocycles. The molecule has 1 aliphatic rings. The van der Waals surface area contributed by atoms with Crippen LogP contribution in [0.2, 0.25) is 0 Å². The molecule has 0 radical (unpaired) electrons. The van der Waals surface area contributed by atoms with E-state index in [0.717, 1.165) is 42.9 Å². The standard InChI is InChI=1S/C18H17N3OS/c22-18(15-13-23-16-6-2-1-5-14(15)16)21-11-9-20(10-12-21)17-7-3-4-8-19-17/h1-8,13H,9-12H2/p+1. The van der Waals surface area contributed by atoms with Crippen molar-refractivity contribution in [3.63, 3.8) is 0 Å². The van der Waals surface area contributed by atoms with Crippen LogP contribution in [0.4, 0.5) is 5.82 Å². The average molecular weight is 324 g/mol. The van der Waals surface area contributed by atoms with Gasteiger partial charge in [-0.05, 0) is 12.1 Å². The van der Waals surface area contributed by atoms with E-state index < -0.39 is 0 Å². The van der Waals surface area contributed by atoms with Gasteiger partial charge in [-0.3, -0.25) is 9.69 Å². The molecule has 0 bridgehead atoms. The number of carbonyl (C=O) groups is 1. The van der Waals surface area contributed by atoms with Crippen LogP contribution in [0, 0.1) is 0 Å². The average Bonchev–Trinajstić information content (AvgIpc) is 3.06. The van der Waals surface area contributed by atoms with Crippen molar-refractivity contribution >= 4 is 33.1 Å². The highest BCUT2D eigenvalue weighted by atomic mass is 32.1. The van der Waals surface area contributed by atoms with Gasteiger partial charge in [0.15, 0.2) is 0 Å². The van der Waals surface area contributed by atoms with E-state index in [1.54, 1.807) is 11.3 Å². The zero-order valence-corrected chi connectivity index (χ0v) is 13.6. The predicted octanol–water partition coefficient (Wildman–Crippen LogP) is 2.68. The fourth-order valence-corrected chi connectivity index (χ4v) is 3.98. The molecule has 1 saturated heterocycles. The number of amides is 1. The number of fused-ring (bicyclic) bond motifs is 1. The van der Waals surface area contributed by atoms with Gasteiger partial charge in [0.25, 0.3) is 11.7 Å². The van der Waals surface area contributed by atoms with Gasteiger partial charge in [-0.15, -0.1) is 11.3 Å². The van der Waals surface area contributed by atoms with E-state index in [1.807, 2.05) is 46.8 Å². The molecular weight excluding hydrogens is 306 g/mol. The fourth-order valence-electron chi connectivity index (χ4n) is 3.04. The van der Waals surface area contributed by atoms with Crippen LogP contribution in [0.1, 0.15) is 10.4 Å². The smallest absolute Gasteiger partial charge is 0.274 e. The Kier molecular flexibility index (Phi) is 3.71. The molecule has 1 aliphatic heterocycles. The Bertz CT molecular complexity index is 822. The Morgan fingerprint density at radius 2 is 1.78 bits per heavy atom. The van der Waals surface area contributed by atoms with Crippen LogP contribution in [-0.4, -0.2) is 37.0 Å². The maximum Gasteiger partial charge on any atom is 0.274 e. The van der Waals surface area contributed by atoms with Crippen molar-refractivity contribution in [2.45, 2.75) is 0 Å². The van der Waals surface area contributed by atoms with E-state index in [1.165, 1.54) is 4.70 Å². The lowest BCUT2D eigenvalue weighted by Gasteiger charge is -2.30. The summed E-state index contributed by atoms with van der Waals surface area (Å²) in [6.45, 7) is 3.22. The molecule has 0 spiro atoms. The quantitative estimate of drug-likeness (QED) is 0.727. The summed E-state index contributed by atoms with van der Waals surface area (Å²) in [7, 11) is 0. The third-order valence-electron chi connectivity index (χ3n) is 4.31. The SMILES string of the molecule is O=C(c1csc2ccccc12)N1CCN(c2cccc[nH+]2)CC1. The minimum atomic E-state index is 0.152. The molecule has 3 aromatic rings. The fraction of sp³-hybridized carbons (Fsp3) is 0.222. The van der Waals surface area contributed by atoms with Gasteiger partial charge < -0.3 is 4.90 Å². The van der Waals surface area contributed by atoms with Gasteiger partial charge in [0.2, 0.25) is 0 Å². The summed E-state index contributed by atoms with van der Waals surface area (Å²) in [5, 5.41) is 3.06. The van der Waals surface area contributed by atoms with Crippen molar-refractivity contribution in [2.75, 3.05) is 31.1 Å². The maximum absolute atomic E-state index is 12.8. The van der Waals surface area contributed by atoms with Gasteiger partial charge in [0.1, 0.15) is 13.1 Å². The van der Waals surface area contributed by atoms with Crippen LogP contribution in [-0.2, 0) is 0 Å². The van der Waals surface area contributed by atoms with Gasteiger partial charge >= 0.3 is 0 Å². The van der Waals surface area contributed by atoms with E-state index in [-0.39, 0.29) is 5.91 Å². The third-order valence-corrected chi connectivity index (χ3v) is 5.28. The van der Waals surface area contributed by atoms with E-state index >= 15 is 0 Å². The Hall–Kier alpha value is -2.40. The molecule has 0 saturated carbocycles. The predicted molar refractivity (Wildman–Crippen MR) is 92.9 cm³/mol. The summed E-state index contributed by atoms with van der Waals surface area (Å²) in [5.74, 6) is 1.26. The molecule has 1 N–H and O–H groups in total. The number of nitrogens with one attached hydrogen (secondary N) is 1. The highest BCUT2D eigenvalue weighted by Crippen LogP contribution is 2.27. The van der Waals surface area contributed by atoms with Crippen molar-refractivity contribution < 1.29 is 9.78 Å². The van der Waals surface area contributed by atoms with Gasteiger partial charge in [-0.1, -0.05) is 24.3 Å². The zero-order chi connectivity index (χ0) is 15.6. The minimum Gasteiger partial charge on any atom is -0.331 e. The Morgan fingerprint density at radius 1 is 1.00 bits per heavy atom.